The Kier molecular flexibility index (Phi) is 4.76. The van der Waals surface area contributed by atoms with Crippen LogP contribution in [0.15, 0.2) is 22.7 Å². The van der Waals surface area contributed by atoms with E-state index in [0.29, 0.717) is 5.92 Å². The summed E-state index contributed by atoms with van der Waals surface area (Å²) in [5.74, 6) is 0.574. The average molecular weight is 315 g/mol. The molecular weight excluding hydrogens is 295 g/mol. The Bertz CT molecular complexity index is 411. The molecule has 4 heteroatoms. The second-order valence-electron chi connectivity index (χ2n) is 5.05. The molecule has 0 bridgehead atoms. The number of hydrogen-bond donors (Lipinski definition) is 1. The Morgan fingerprint density at radius 1 is 1.56 bits per heavy atom. The van der Waals surface area contributed by atoms with Crippen LogP contribution in [0.4, 0.5) is 4.39 Å². The maximum atomic E-state index is 13.9. The summed E-state index contributed by atoms with van der Waals surface area (Å²) in [6, 6.07) is 5.50. The molecular formula is C14H20BrFN2. The molecule has 1 aromatic rings. The highest BCUT2D eigenvalue weighted by atomic mass is 79.9. The second kappa shape index (κ2) is 6.13. The molecule has 0 aromatic heterocycles. The Morgan fingerprint density at radius 3 is 3.00 bits per heavy atom. The number of halogens is 2. The standard InChI is InChI=1S/C14H20BrFN2/c1-10(13-4-3-12(15)7-14(13)16)18-6-5-11(9-18)8-17-2/h3-4,7,10-11,17H,5-6,8-9H2,1-2H3. The van der Waals surface area contributed by atoms with Gasteiger partial charge in [-0.3, -0.25) is 4.90 Å². The second-order valence-corrected chi connectivity index (χ2v) is 5.96. The summed E-state index contributed by atoms with van der Waals surface area (Å²) in [6.07, 6.45) is 1.20. The van der Waals surface area contributed by atoms with Gasteiger partial charge < -0.3 is 5.32 Å². The third kappa shape index (κ3) is 3.11. The molecule has 2 nitrogen and oxygen atoms in total. The van der Waals surface area contributed by atoms with E-state index in [1.54, 1.807) is 6.07 Å². The van der Waals surface area contributed by atoms with Crippen LogP contribution in [0.5, 0.6) is 0 Å². The molecule has 18 heavy (non-hydrogen) atoms. The Balaban J connectivity index is 2.05. The van der Waals surface area contributed by atoms with Crippen molar-refractivity contribution in [3.63, 3.8) is 0 Å². The predicted molar refractivity (Wildman–Crippen MR) is 76.1 cm³/mol. The number of likely N-dealkylation sites (tertiary alicyclic amines) is 1. The third-order valence-electron chi connectivity index (χ3n) is 3.77. The molecule has 1 heterocycles. The largest absolute Gasteiger partial charge is 0.319 e. The topological polar surface area (TPSA) is 15.3 Å². The van der Waals surface area contributed by atoms with Crippen LogP contribution >= 0.6 is 15.9 Å². The van der Waals surface area contributed by atoms with Crippen LogP contribution in [0.1, 0.15) is 24.9 Å². The van der Waals surface area contributed by atoms with E-state index in [4.69, 9.17) is 0 Å². The first-order chi connectivity index (χ1) is 8.61. The van der Waals surface area contributed by atoms with Crippen molar-refractivity contribution in [2.24, 2.45) is 5.92 Å². The summed E-state index contributed by atoms with van der Waals surface area (Å²) >= 11 is 3.30. The predicted octanol–water partition coefficient (Wildman–Crippen LogP) is 3.19. The highest BCUT2D eigenvalue weighted by Gasteiger charge is 2.27. The lowest BCUT2D eigenvalue weighted by Crippen LogP contribution is -2.27. The van der Waals surface area contributed by atoms with Crippen LogP contribution in [-0.4, -0.2) is 31.6 Å². The minimum Gasteiger partial charge on any atom is -0.319 e. The van der Waals surface area contributed by atoms with Crippen molar-refractivity contribution in [3.05, 3.63) is 34.1 Å². The molecule has 1 saturated heterocycles. The Morgan fingerprint density at radius 2 is 2.33 bits per heavy atom. The quantitative estimate of drug-likeness (QED) is 0.918. The van der Waals surface area contributed by atoms with Gasteiger partial charge in [0, 0.05) is 22.6 Å². The molecule has 2 atom stereocenters. The zero-order valence-electron chi connectivity index (χ0n) is 10.9. The van der Waals surface area contributed by atoms with Gasteiger partial charge in [0.1, 0.15) is 5.82 Å². The minimum absolute atomic E-state index is 0.117. The SMILES string of the molecule is CNCC1CCN(C(C)c2ccc(Br)cc2F)C1. The number of rotatable bonds is 4. The lowest BCUT2D eigenvalue weighted by molar-refractivity contribution is 0.247. The lowest BCUT2D eigenvalue weighted by Gasteiger charge is -2.25. The fraction of sp³-hybridized carbons (Fsp3) is 0.571. The molecule has 0 radical (unpaired) electrons. The van der Waals surface area contributed by atoms with Crippen molar-refractivity contribution in [1.82, 2.24) is 10.2 Å². The highest BCUT2D eigenvalue weighted by Crippen LogP contribution is 2.29. The first-order valence-corrected chi connectivity index (χ1v) is 7.24. The maximum Gasteiger partial charge on any atom is 0.129 e. The minimum atomic E-state index is -0.117. The van der Waals surface area contributed by atoms with Crippen molar-refractivity contribution < 1.29 is 4.39 Å². The van der Waals surface area contributed by atoms with Gasteiger partial charge in [0.2, 0.25) is 0 Å². The molecule has 2 unspecified atom stereocenters. The molecule has 0 aliphatic carbocycles. The zero-order valence-corrected chi connectivity index (χ0v) is 12.5. The van der Waals surface area contributed by atoms with Crippen molar-refractivity contribution >= 4 is 15.9 Å². The number of nitrogens with zero attached hydrogens (tertiary/aromatic N) is 1. The smallest absolute Gasteiger partial charge is 0.129 e. The van der Waals surface area contributed by atoms with Crippen LogP contribution < -0.4 is 5.32 Å². The molecule has 1 aliphatic rings. The van der Waals surface area contributed by atoms with Gasteiger partial charge in [0.15, 0.2) is 0 Å². The Labute approximate surface area is 117 Å². The molecule has 2 rings (SSSR count). The van der Waals surface area contributed by atoms with Gasteiger partial charge >= 0.3 is 0 Å². The maximum absolute atomic E-state index is 13.9. The number of benzene rings is 1. The molecule has 100 valence electrons. The third-order valence-corrected chi connectivity index (χ3v) is 4.26. The first kappa shape index (κ1) is 14.0. The lowest BCUT2D eigenvalue weighted by atomic mass is 10.1. The summed E-state index contributed by atoms with van der Waals surface area (Å²) in [7, 11) is 1.99. The molecule has 1 N–H and O–H groups in total. The molecule has 1 fully saturated rings. The molecule has 0 saturated carbocycles. The van der Waals surface area contributed by atoms with Crippen molar-refractivity contribution in [1.29, 1.82) is 0 Å². The van der Waals surface area contributed by atoms with Gasteiger partial charge in [0.25, 0.3) is 0 Å². The van der Waals surface area contributed by atoms with E-state index in [0.717, 1.165) is 29.7 Å². The molecule has 0 amide bonds. The average Bonchev–Trinajstić information content (AvgIpc) is 2.77. The summed E-state index contributed by atoms with van der Waals surface area (Å²) in [6.45, 7) is 5.25. The first-order valence-electron chi connectivity index (χ1n) is 6.45. The van der Waals surface area contributed by atoms with Crippen LogP contribution in [-0.2, 0) is 0 Å². The summed E-state index contributed by atoms with van der Waals surface area (Å²) in [4.78, 5) is 2.37. The normalized spacial score (nSPS) is 22.3. The van der Waals surface area contributed by atoms with Crippen LogP contribution in [0, 0.1) is 11.7 Å². The van der Waals surface area contributed by atoms with Crippen molar-refractivity contribution in [2.75, 3.05) is 26.7 Å². The summed E-state index contributed by atoms with van der Waals surface area (Å²) in [5.41, 5.74) is 0.795. The number of nitrogens with one attached hydrogen (secondary N) is 1. The van der Waals surface area contributed by atoms with E-state index in [9.17, 15) is 4.39 Å². The van der Waals surface area contributed by atoms with Crippen molar-refractivity contribution in [3.8, 4) is 0 Å². The van der Waals surface area contributed by atoms with Crippen LogP contribution in [0.25, 0.3) is 0 Å². The van der Waals surface area contributed by atoms with Gasteiger partial charge in [-0.1, -0.05) is 22.0 Å². The zero-order chi connectivity index (χ0) is 13.1. The van der Waals surface area contributed by atoms with Gasteiger partial charge in [-0.25, -0.2) is 4.39 Å². The van der Waals surface area contributed by atoms with E-state index in [-0.39, 0.29) is 11.9 Å². The van der Waals surface area contributed by atoms with Crippen molar-refractivity contribution in [2.45, 2.75) is 19.4 Å². The molecule has 0 spiro atoms. The number of hydrogen-bond acceptors (Lipinski definition) is 2. The molecule has 1 aromatic carbocycles. The van der Waals surface area contributed by atoms with Gasteiger partial charge in [-0.2, -0.15) is 0 Å². The van der Waals surface area contributed by atoms with Gasteiger partial charge in [-0.15, -0.1) is 0 Å². The fourth-order valence-corrected chi connectivity index (χ4v) is 3.04. The van der Waals surface area contributed by atoms with Gasteiger partial charge in [0.05, 0.1) is 0 Å². The van der Waals surface area contributed by atoms with E-state index in [1.165, 1.54) is 6.42 Å². The van der Waals surface area contributed by atoms with Crippen LogP contribution in [0.3, 0.4) is 0 Å². The summed E-state index contributed by atoms with van der Waals surface area (Å²) in [5, 5.41) is 3.22. The van der Waals surface area contributed by atoms with E-state index in [2.05, 4.69) is 33.1 Å². The van der Waals surface area contributed by atoms with E-state index < -0.39 is 0 Å². The fourth-order valence-electron chi connectivity index (χ4n) is 2.71. The highest BCUT2D eigenvalue weighted by molar-refractivity contribution is 9.10. The monoisotopic (exact) mass is 314 g/mol. The van der Waals surface area contributed by atoms with E-state index >= 15 is 0 Å². The van der Waals surface area contributed by atoms with Gasteiger partial charge in [-0.05, 0) is 51.5 Å². The Hall–Kier alpha value is -0.450. The van der Waals surface area contributed by atoms with Crippen LogP contribution in [0.2, 0.25) is 0 Å². The van der Waals surface area contributed by atoms with E-state index in [1.807, 2.05) is 19.2 Å². The molecule has 1 aliphatic heterocycles. The summed E-state index contributed by atoms with van der Waals surface area (Å²) < 4.78 is 14.7.